The van der Waals surface area contributed by atoms with Crippen LogP contribution in [0.15, 0.2) is 110 Å². The van der Waals surface area contributed by atoms with Gasteiger partial charge in [-0.25, -0.2) is 0 Å². The lowest BCUT2D eigenvalue weighted by atomic mass is 10.1. The van der Waals surface area contributed by atoms with Crippen molar-refractivity contribution in [2.75, 3.05) is 5.73 Å². The number of hydrogen-bond donors (Lipinski definition) is 1. The van der Waals surface area contributed by atoms with Crippen molar-refractivity contribution in [1.82, 2.24) is 0 Å². The van der Waals surface area contributed by atoms with Gasteiger partial charge in [0, 0.05) is 5.69 Å². The van der Waals surface area contributed by atoms with Gasteiger partial charge in [0.15, 0.2) is 0 Å². The Hall–Kier alpha value is -4.52. The summed E-state index contributed by atoms with van der Waals surface area (Å²) in [5.74, 6) is 0. The van der Waals surface area contributed by atoms with Gasteiger partial charge in [0.2, 0.25) is 0 Å². The van der Waals surface area contributed by atoms with Crippen molar-refractivity contribution in [3.05, 3.63) is 101 Å². The number of azo groups is 3. The minimum atomic E-state index is 0.749. The second-order valence-electron chi connectivity index (χ2n) is 8.37. The first-order valence-electron chi connectivity index (χ1n) is 11.3. The third-order valence-electron chi connectivity index (χ3n) is 5.52. The monoisotopic (exact) mass is 461 g/mol. The van der Waals surface area contributed by atoms with Crippen molar-refractivity contribution in [3.63, 3.8) is 0 Å². The number of hydrogen-bond acceptors (Lipinski definition) is 7. The fourth-order valence-corrected chi connectivity index (χ4v) is 3.39. The summed E-state index contributed by atoms with van der Waals surface area (Å²) >= 11 is 0. The minimum Gasteiger partial charge on any atom is -0.399 e. The molecule has 4 rings (SSSR count). The predicted molar refractivity (Wildman–Crippen MR) is 142 cm³/mol. The van der Waals surface area contributed by atoms with Crippen LogP contribution in [0, 0.1) is 27.7 Å². The van der Waals surface area contributed by atoms with E-state index in [9.17, 15) is 0 Å². The first-order chi connectivity index (χ1) is 16.9. The zero-order valence-corrected chi connectivity index (χ0v) is 20.3. The molecule has 0 unspecified atom stereocenters. The largest absolute Gasteiger partial charge is 0.399 e. The van der Waals surface area contributed by atoms with Crippen LogP contribution in [0.5, 0.6) is 0 Å². The van der Waals surface area contributed by atoms with Crippen LogP contribution < -0.4 is 5.73 Å². The molecule has 2 N–H and O–H groups in total. The molecule has 0 radical (unpaired) electrons. The van der Waals surface area contributed by atoms with Gasteiger partial charge in [-0.15, -0.1) is 0 Å². The molecule has 0 spiro atoms. The maximum absolute atomic E-state index is 5.95. The normalized spacial score (nSPS) is 11.8. The van der Waals surface area contributed by atoms with Crippen LogP contribution >= 0.6 is 0 Å². The summed E-state index contributed by atoms with van der Waals surface area (Å²) in [5.41, 5.74) is 15.3. The second-order valence-corrected chi connectivity index (χ2v) is 8.37. The highest BCUT2D eigenvalue weighted by molar-refractivity contribution is 5.60. The highest BCUT2D eigenvalue weighted by Crippen LogP contribution is 2.31. The molecule has 0 atom stereocenters. The zero-order chi connectivity index (χ0) is 24.8. The molecule has 4 aromatic carbocycles. The van der Waals surface area contributed by atoms with Gasteiger partial charge in [0.05, 0.1) is 34.1 Å². The highest BCUT2D eigenvalue weighted by atomic mass is 15.1. The third kappa shape index (κ3) is 6.09. The van der Waals surface area contributed by atoms with Crippen LogP contribution in [0.4, 0.5) is 39.8 Å². The van der Waals surface area contributed by atoms with E-state index in [2.05, 4.69) is 30.7 Å². The summed E-state index contributed by atoms with van der Waals surface area (Å²) in [7, 11) is 0. The van der Waals surface area contributed by atoms with Crippen LogP contribution in [-0.4, -0.2) is 0 Å². The summed E-state index contributed by atoms with van der Waals surface area (Å²) in [6.45, 7) is 7.89. The molecule has 0 saturated heterocycles. The molecule has 7 heteroatoms. The van der Waals surface area contributed by atoms with Crippen molar-refractivity contribution in [2.24, 2.45) is 30.7 Å². The Labute approximate surface area is 205 Å². The van der Waals surface area contributed by atoms with Gasteiger partial charge in [0.25, 0.3) is 0 Å². The van der Waals surface area contributed by atoms with Crippen LogP contribution in [-0.2, 0) is 0 Å². The fourth-order valence-electron chi connectivity index (χ4n) is 3.39. The maximum atomic E-state index is 5.95. The lowest BCUT2D eigenvalue weighted by molar-refractivity contribution is 1.17. The zero-order valence-electron chi connectivity index (χ0n) is 20.3. The summed E-state index contributed by atoms with van der Waals surface area (Å²) in [4.78, 5) is 0. The first kappa shape index (κ1) is 23.6. The van der Waals surface area contributed by atoms with Gasteiger partial charge >= 0.3 is 0 Å². The smallest absolute Gasteiger partial charge is 0.0890 e. The molecule has 0 heterocycles. The van der Waals surface area contributed by atoms with E-state index in [0.29, 0.717) is 0 Å². The van der Waals surface area contributed by atoms with E-state index in [1.165, 1.54) is 0 Å². The molecule has 174 valence electrons. The van der Waals surface area contributed by atoms with E-state index in [4.69, 9.17) is 5.73 Å². The number of anilines is 1. The lowest BCUT2D eigenvalue weighted by Gasteiger charge is -2.05. The van der Waals surface area contributed by atoms with Gasteiger partial charge in [-0.2, -0.15) is 30.7 Å². The summed E-state index contributed by atoms with van der Waals surface area (Å²) in [6.07, 6.45) is 0. The summed E-state index contributed by atoms with van der Waals surface area (Å²) < 4.78 is 0. The summed E-state index contributed by atoms with van der Waals surface area (Å²) in [6, 6.07) is 24.9. The van der Waals surface area contributed by atoms with Crippen molar-refractivity contribution in [1.29, 1.82) is 0 Å². The Balaban J connectivity index is 1.46. The van der Waals surface area contributed by atoms with Crippen LogP contribution in [0.3, 0.4) is 0 Å². The Kier molecular flexibility index (Phi) is 7.16. The number of benzene rings is 4. The van der Waals surface area contributed by atoms with Crippen LogP contribution in [0.1, 0.15) is 22.3 Å². The Morgan fingerprint density at radius 2 is 0.914 bits per heavy atom. The van der Waals surface area contributed by atoms with Crippen molar-refractivity contribution in [3.8, 4) is 0 Å². The number of nitrogen functional groups attached to an aromatic ring is 1. The second kappa shape index (κ2) is 10.6. The molecule has 0 aliphatic heterocycles. The Morgan fingerprint density at radius 1 is 0.429 bits per heavy atom. The summed E-state index contributed by atoms with van der Waals surface area (Å²) in [5, 5.41) is 26.2. The maximum Gasteiger partial charge on any atom is 0.0890 e. The first-order valence-corrected chi connectivity index (χ1v) is 11.3. The number of nitrogens with two attached hydrogens (primary N) is 1. The van der Waals surface area contributed by atoms with E-state index < -0.39 is 0 Å². The molecule has 0 aliphatic rings. The van der Waals surface area contributed by atoms with Crippen molar-refractivity contribution < 1.29 is 0 Å². The van der Waals surface area contributed by atoms with Crippen LogP contribution in [0.2, 0.25) is 0 Å². The van der Waals surface area contributed by atoms with Gasteiger partial charge in [-0.1, -0.05) is 18.2 Å². The van der Waals surface area contributed by atoms with Crippen molar-refractivity contribution >= 4 is 39.8 Å². The quantitative estimate of drug-likeness (QED) is 0.224. The Bertz CT molecular complexity index is 1440. The van der Waals surface area contributed by atoms with E-state index in [0.717, 1.165) is 62.1 Å². The van der Waals surface area contributed by atoms with E-state index in [-0.39, 0.29) is 0 Å². The SMILES string of the molecule is Cc1cc(N=Nc2ccc(N=Nc3ccc(N=Nc4ccccc4)c(C)c3)c(C)c2)c(C)cc1N. The molecule has 0 aromatic heterocycles. The predicted octanol–water partition coefficient (Wildman–Crippen LogP) is 9.75. The number of rotatable bonds is 6. The molecular formula is C28H27N7. The molecule has 4 aromatic rings. The van der Waals surface area contributed by atoms with E-state index in [1.54, 1.807) is 0 Å². The molecule has 0 fully saturated rings. The third-order valence-corrected chi connectivity index (χ3v) is 5.52. The molecule has 0 saturated carbocycles. The average Bonchev–Trinajstić information content (AvgIpc) is 2.85. The molecule has 35 heavy (non-hydrogen) atoms. The van der Waals surface area contributed by atoms with Crippen LogP contribution in [0.25, 0.3) is 0 Å². The lowest BCUT2D eigenvalue weighted by Crippen LogP contribution is -1.89. The highest BCUT2D eigenvalue weighted by Gasteiger charge is 2.04. The topological polar surface area (TPSA) is 100 Å². The number of aryl methyl sites for hydroxylation is 4. The van der Waals surface area contributed by atoms with E-state index in [1.807, 2.05) is 107 Å². The van der Waals surface area contributed by atoms with Crippen molar-refractivity contribution in [2.45, 2.75) is 27.7 Å². The molecule has 0 amide bonds. The molecule has 0 bridgehead atoms. The molecule has 7 nitrogen and oxygen atoms in total. The van der Waals surface area contributed by atoms with Gasteiger partial charge < -0.3 is 5.73 Å². The Morgan fingerprint density at radius 3 is 1.46 bits per heavy atom. The van der Waals surface area contributed by atoms with E-state index >= 15 is 0 Å². The van der Waals surface area contributed by atoms with Gasteiger partial charge in [0.1, 0.15) is 0 Å². The van der Waals surface area contributed by atoms with Gasteiger partial charge in [-0.05, 0) is 111 Å². The van der Waals surface area contributed by atoms with Gasteiger partial charge in [-0.3, -0.25) is 0 Å². The average molecular weight is 462 g/mol. The molecule has 0 aliphatic carbocycles. The fraction of sp³-hybridized carbons (Fsp3) is 0.143. The number of nitrogens with zero attached hydrogens (tertiary/aromatic N) is 6. The standard InChI is InChI=1S/C28H27N7/c1-18-17-28(21(4)16-25(18)29)35-32-24-11-13-27(20(3)15-24)34-31-23-10-12-26(19(2)14-23)33-30-22-8-6-5-7-9-22/h5-17H,29H2,1-4H3. The molecular weight excluding hydrogens is 434 g/mol. The minimum absolute atomic E-state index is 0.749.